The molecule has 12 heteroatoms. The molecule has 9 nitrogen and oxygen atoms in total. The van der Waals surface area contributed by atoms with Crippen LogP contribution in [0.25, 0.3) is 16.9 Å². The van der Waals surface area contributed by atoms with Gasteiger partial charge in [-0.3, -0.25) is 5.10 Å². The van der Waals surface area contributed by atoms with Crippen molar-refractivity contribution in [3.63, 3.8) is 0 Å². The summed E-state index contributed by atoms with van der Waals surface area (Å²) in [6, 6.07) is 3.45. The highest BCUT2D eigenvalue weighted by molar-refractivity contribution is 5.95. The molecule has 35 heavy (non-hydrogen) atoms. The van der Waals surface area contributed by atoms with E-state index in [-0.39, 0.29) is 29.2 Å². The molecule has 0 saturated carbocycles. The summed E-state index contributed by atoms with van der Waals surface area (Å²) in [5, 5.41) is 21.2. The molecule has 3 fully saturated rings. The molecule has 3 aliphatic heterocycles. The molecule has 0 radical (unpaired) electrons. The van der Waals surface area contributed by atoms with Crippen molar-refractivity contribution >= 4 is 22.5 Å². The van der Waals surface area contributed by atoms with Gasteiger partial charge in [0.1, 0.15) is 5.82 Å². The molecule has 3 unspecified atom stereocenters. The number of nitrogens with one attached hydrogen (secondary N) is 1. The van der Waals surface area contributed by atoms with Gasteiger partial charge in [0.15, 0.2) is 17.2 Å². The standard InChI is InChI=1S/C23H28F3N7O2/c1-13-10-22(2,34)6-8-31(13)16-9-18(32-14-3-4-15(32)12-35-11-14)28-21-19(16)20(23(24,25)26)30-33(21)17-5-7-27-29-17/h5,7,9,13-15,34H,3-4,6,8,10-12H2,1-2H3,(H,27,29)/t13-,14?,15?,22?/m1/s1. The summed E-state index contributed by atoms with van der Waals surface area (Å²) in [7, 11) is 0. The first-order chi connectivity index (χ1) is 16.6. The highest BCUT2D eigenvalue weighted by Crippen LogP contribution is 2.44. The average molecular weight is 492 g/mol. The minimum Gasteiger partial charge on any atom is -0.390 e. The van der Waals surface area contributed by atoms with E-state index in [1.54, 1.807) is 19.1 Å². The first-order valence-corrected chi connectivity index (χ1v) is 12.0. The third kappa shape index (κ3) is 3.74. The zero-order chi connectivity index (χ0) is 24.5. The van der Waals surface area contributed by atoms with Crippen LogP contribution in [0.15, 0.2) is 18.3 Å². The number of halogens is 3. The van der Waals surface area contributed by atoms with Crippen LogP contribution in [-0.2, 0) is 10.9 Å². The normalized spacial score (nSPS) is 29.4. The van der Waals surface area contributed by atoms with Crippen LogP contribution in [0.2, 0.25) is 0 Å². The number of nitrogens with zero attached hydrogens (tertiary/aromatic N) is 6. The Labute approximate surface area is 199 Å². The maximum atomic E-state index is 14.3. The Morgan fingerprint density at radius 3 is 2.60 bits per heavy atom. The van der Waals surface area contributed by atoms with E-state index >= 15 is 0 Å². The SMILES string of the molecule is C[C@@H]1CC(C)(O)CCN1c1cc(N2C3CCC2COC3)nc2c1c(C(F)(F)F)nn2-c1ccn[nH]1. The van der Waals surface area contributed by atoms with Gasteiger partial charge in [0.05, 0.1) is 48.2 Å². The summed E-state index contributed by atoms with van der Waals surface area (Å²) in [4.78, 5) is 8.95. The fourth-order valence-electron chi connectivity index (χ4n) is 5.97. The summed E-state index contributed by atoms with van der Waals surface area (Å²) in [5.74, 6) is 0.933. The number of morpholine rings is 1. The van der Waals surface area contributed by atoms with E-state index in [0.717, 1.165) is 12.8 Å². The smallest absolute Gasteiger partial charge is 0.390 e. The lowest BCUT2D eigenvalue weighted by atomic mass is 9.88. The highest BCUT2D eigenvalue weighted by Gasteiger charge is 2.43. The second-order valence-electron chi connectivity index (χ2n) is 10.2. The molecule has 3 aromatic rings. The second kappa shape index (κ2) is 7.82. The predicted molar refractivity (Wildman–Crippen MR) is 123 cm³/mol. The molecule has 3 saturated heterocycles. The monoisotopic (exact) mass is 491 g/mol. The van der Waals surface area contributed by atoms with Crippen molar-refractivity contribution in [2.75, 3.05) is 29.6 Å². The molecule has 2 bridgehead atoms. The van der Waals surface area contributed by atoms with Gasteiger partial charge in [0.25, 0.3) is 0 Å². The number of ether oxygens (including phenoxy) is 1. The molecule has 4 atom stereocenters. The number of hydrogen-bond donors (Lipinski definition) is 2. The van der Waals surface area contributed by atoms with Crippen LogP contribution >= 0.6 is 0 Å². The van der Waals surface area contributed by atoms with Crippen molar-refractivity contribution in [1.82, 2.24) is 25.0 Å². The average Bonchev–Trinajstić information content (AvgIpc) is 3.48. The zero-order valence-corrected chi connectivity index (χ0v) is 19.6. The first-order valence-electron chi connectivity index (χ1n) is 12.0. The van der Waals surface area contributed by atoms with Crippen LogP contribution in [0.5, 0.6) is 0 Å². The van der Waals surface area contributed by atoms with Crippen LogP contribution in [-0.4, -0.2) is 73.6 Å². The molecule has 2 N–H and O–H groups in total. The van der Waals surface area contributed by atoms with E-state index in [4.69, 9.17) is 9.72 Å². The Balaban J connectivity index is 1.60. The topological polar surface area (TPSA) is 95.3 Å². The fraction of sp³-hybridized carbons (Fsp3) is 0.609. The van der Waals surface area contributed by atoms with Gasteiger partial charge in [0, 0.05) is 24.7 Å². The van der Waals surface area contributed by atoms with Gasteiger partial charge >= 0.3 is 6.18 Å². The highest BCUT2D eigenvalue weighted by atomic mass is 19.4. The molecule has 0 aromatic carbocycles. The summed E-state index contributed by atoms with van der Waals surface area (Å²) in [5.41, 5.74) is -1.27. The lowest BCUT2D eigenvalue weighted by molar-refractivity contribution is -0.140. The van der Waals surface area contributed by atoms with Crippen LogP contribution in [0.1, 0.15) is 45.2 Å². The van der Waals surface area contributed by atoms with E-state index in [0.29, 0.717) is 49.9 Å². The molecular formula is C23H28F3N7O2. The minimum absolute atomic E-state index is 0.0372. The molecular weight excluding hydrogens is 463 g/mol. The Bertz CT molecular complexity index is 1220. The van der Waals surface area contributed by atoms with E-state index in [1.807, 2.05) is 11.8 Å². The third-order valence-corrected chi connectivity index (χ3v) is 7.56. The number of aromatic nitrogens is 5. The number of alkyl halides is 3. The van der Waals surface area contributed by atoms with Crippen molar-refractivity contribution in [1.29, 1.82) is 0 Å². The van der Waals surface area contributed by atoms with Gasteiger partial charge in [-0.1, -0.05) is 0 Å². The largest absolute Gasteiger partial charge is 0.435 e. The Morgan fingerprint density at radius 1 is 1.23 bits per heavy atom. The zero-order valence-electron chi connectivity index (χ0n) is 19.6. The number of rotatable bonds is 3. The van der Waals surface area contributed by atoms with Crippen LogP contribution in [0, 0.1) is 0 Å². The molecule has 188 valence electrons. The Hall–Kier alpha value is -2.86. The number of piperidine rings is 1. The first kappa shape index (κ1) is 22.6. The van der Waals surface area contributed by atoms with Crippen LogP contribution in [0.3, 0.4) is 0 Å². The number of fused-ring (bicyclic) bond motifs is 3. The van der Waals surface area contributed by atoms with Gasteiger partial charge in [-0.25, -0.2) is 4.98 Å². The van der Waals surface area contributed by atoms with Gasteiger partial charge < -0.3 is 19.6 Å². The quantitative estimate of drug-likeness (QED) is 0.581. The number of H-pyrrole nitrogens is 1. The molecule has 3 aliphatic rings. The summed E-state index contributed by atoms with van der Waals surface area (Å²) in [6.45, 7) is 5.28. The van der Waals surface area contributed by atoms with Gasteiger partial charge in [-0.2, -0.15) is 28.1 Å². The summed E-state index contributed by atoms with van der Waals surface area (Å²) in [6.07, 6.45) is -0.394. The maximum absolute atomic E-state index is 14.3. The van der Waals surface area contributed by atoms with Crippen molar-refractivity contribution in [2.45, 2.75) is 69.4 Å². The van der Waals surface area contributed by atoms with Crippen molar-refractivity contribution in [3.05, 3.63) is 24.0 Å². The molecule has 6 heterocycles. The molecule has 0 spiro atoms. The van der Waals surface area contributed by atoms with E-state index in [1.165, 1.54) is 10.9 Å². The van der Waals surface area contributed by atoms with Crippen LogP contribution in [0.4, 0.5) is 24.7 Å². The van der Waals surface area contributed by atoms with Crippen LogP contribution < -0.4 is 9.80 Å². The minimum atomic E-state index is -4.68. The predicted octanol–water partition coefficient (Wildman–Crippen LogP) is 3.27. The second-order valence-corrected chi connectivity index (χ2v) is 10.2. The van der Waals surface area contributed by atoms with Gasteiger partial charge in [0.2, 0.25) is 0 Å². The fourth-order valence-corrected chi connectivity index (χ4v) is 5.97. The lowest BCUT2D eigenvalue weighted by Gasteiger charge is -2.43. The number of hydrogen-bond acceptors (Lipinski definition) is 7. The lowest BCUT2D eigenvalue weighted by Crippen LogP contribution is -2.48. The van der Waals surface area contributed by atoms with Crippen molar-refractivity contribution < 1.29 is 23.0 Å². The van der Waals surface area contributed by atoms with Gasteiger partial charge in [-0.05, 0) is 39.5 Å². The molecule has 0 aliphatic carbocycles. The number of anilines is 2. The van der Waals surface area contributed by atoms with E-state index in [2.05, 4.69) is 20.2 Å². The maximum Gasteiger partial charge on any atom is 0.435 e. The van der Waals surface area contributed by atoms with Crippen molar-refractivity contribution in [2.24, 2.45) is 0 Å². The molecule has 6 rings (SSSR count). The molecule has 3 aromatic heterocycles. The van der Waals surface area contributed by atoms with E-state index < -0.39 is 17.5 Å². The number of aromatic amines is 1. The van der Waals surface area contributed by atoms with Gasteiger partial charge in [-0.15, -0.1) is 0 Å². The summed E-state index contributed by atoms with van der Waals surface area (Å²) < 4.78 is 49.9. The summed E-state index contributed by atoms with van der Waals surface area (Å²) >= 11 is 0. The number of pyridine rings is 1. The third-order valence-electron chi connectivity index (χ3n) is 7.56. The Kier molecular flexibility index (Phi) is 5.05. The van der Waals surface area contributed by atoms with E-state index in [9.17, 15) is 18.3 Å². The van der Waals surface area contributed by atoms with Crippen molar-refractivity contribution in [3.8, 4) is 5.82 Å². The Morgan fingerprint density at radius 2 is 1.97 bits per heavy atom. The number of aliphatic hydroxyl groups is 1. The molecule has 0 amide bonds.